The fourth-order valence-electron chi connectivity index (χ4n) is 0.215. The third-order valence-corrected chi connectivity index (χ3v) is 1.04. The van der Waals surface area contributed by atoms with Gasteiger partial charge in [-0.1, -0.05) is 6.08 Å². The number of allylic oxidation sites excluding steroid dienone is 1. The molecule has 0 unspecified atom stereocenters. The van der Waals surface area contributed by atoms with E-state index in [-0.39, 0.29) is 0 Å². The van der Waals surface area contributed by atoms with Crippen molar-refractivity contribution in [3.8, 4) is 0 Å². The summed E-state index contributed by atoms with van der Waals surface area (Å²) in [5.74, 6) is 0. The second kappa shape index (κ2) is 9.90. The van der Waals surface area contributed by atoms with Crippen LogP contribution in [0, 0.1) is 0 Å². The third-order valence-electron chi connectivity index (χ3n) is 0.617. The number of rotatable bonds is 1. The highest BCUT2D eigenvalue weighted by molar-refractivity contribution is 7.80. The summed E-state index contributed by atoms with van der Waals surface area (Å²) in [5, 5.41) is 0. The summed E-state index contributed by atoms with van der Waals surface area (Å²) in [5.41, 5.74) is 0. The van der Waals surface area contributed by atoms with E-state index in [9.17, 15) is 8.42 Å². The summed E-state index contributed by atoms with van der Waals surface area (Å²) in [6.45, 7) is 5.25. The number of H-pyrrole nitrogens is 1. The standard InChI is InChI=1S/C3H4N2.C3H6.CH4O4S/c1-2-5-3-4-1;1-3-2;1-5-6(2,3)4/h1-3H,(H,4,5);3H,1H2,2H3;1H3,(H,2,3,4). The molecule has 0 bridgehead atoms. The van der Waals surface area contributed by atoms with Crippen LogP contribution in [0.1, 0.15) is 6.92 Å². The summed E-state index contributed by atoms with van der Waals surface area (Å²) >= 11 is 0. The molecule has 1 aromatic rings. The van der Waals surface area contributed by atoms with E-state index in [1.165, 1.54) is 0 Å². The van der Waals surface area contributed by atoms with Gasteiger partial charge in [-0.2, -0.15) is 8.42 Å². The molecule has 0 amide bonds. The first-order chi connectivity index (χ1) is 6.47. The molecule has 1 heterocycles. The van der Waals surface area contributed by atoms with Crippen molar-refractivity contribution in [3.63, 3.8) is 0 Å². The lowest BCUT2D eigenvalue weighted by Gasteiger charge is -1.82. The number of nitrogens with zero attached hydrogens (tertiary/aromatic N) is 1. The minimum absolute atomic E-state index is 0.870. The van der Waals surface area contributed by atoms with Gasteiger partial charge in [0.15, 0.2) is 0 Å². The van der Waals surface area contributed by atoms with E-state index in [4.69, 9.17) is 4.55 Å². The molecule has 0 fully saturated rings. The van der Waals surface area contributed by atoms with Crippen molar-refractivity contribution >= 4 is 10.4 Å². The molecule has 0 atom stereocenters. The molecule has 0 aliphatic heterocycles. The van der Waals surface area contributed by atoms with Crippen LogP contribution in [0.5, 0.6) is 0 Å². The van der Waals surface area contributed by atoms with E-state index in [0.717, 1.165) is 7.11 Å². The van der Waals surface area contributed by atoms with Crippen molar-refractivity contribution < 1.29 is 17.2 Å². The van der Waals surface area contributed by atoms with Gasteiger partial charge in [0.05, 0.1) is 13.4 Å². The molecule has 2 N–H and O–H groups in total. The average molecular weight is 222 g/mol. The van der Waals surface area contributed by atoms with Gasteiger partial charge < -0.3 is 4.98 Å². The second-order valence-corrected chi connectivity index (χ2v) is 2.95. The Morgan fingerprint density at radius 3 is 2.14 bits per heavy atom. The van der Waals surface area contributed by atoms with E-state index >= 15 is 0 Å². The normalized spacial score (nSPS) is 8.79. The van der Waals surface area contributed by atoms with Gasteiger partial charge in [0.25, 0.3) is 0 Å². The zero-order chi connectivity index (χ0) is 11.4. The van der Waals surface area contributed by atoms with Crippen molar-refractivity contribution in [2.75, 3.05) is 7.11 Å². The molecular weight excluding hydrogens is 208 g/mol. The van der Waals surface area contributed by atoms with Gasteiger partial charge in [-0.25, -0.2) is 4.98 Å². The predicted molar refractivity (Wildman–Crippen MR) is 53.0 cm³/mol. The van der Waals surface area contributed by atoms with E-state index in [1.807, 2.05) is 6.92 Å². The summed E-state index contributed by atoms with van der Waals surface area (Å²) in [4.78, 5) is 6.42. The van der Waals surface area contributed by atoms with Gasteiger partial charge in [0.2, 0.25) is 0 Å². The SMILES string of the molecule is C=CC.COS(=O)(=O)O.c1c[nH]cn1. The van der Waals surface area contributed by atoms with Gasteiger partial charge in [0, 0.05) is 12.4 Å². The van der Waals surface area contributed by atoms with Crippen LogP contribution in [-0.4, -0.2) is 30.0 Å². The fourth-order valence-corrected chi connectivity index (χ4v) is 0.215. The minimum Gasteiger partial charge on any atom is -0.351 e. The summed E-state index contributed by atoms with van der Waals surface area (Å²) in [6, 6.07) is 0. The van der Waals surface area contributed by atoms with E-state index in [1.54, 1.807) is 24.8 Å². The highest BCUT2D eigenvalue weighted by atomic mass is 32.3. The highest BCUT2D eigenvalue weighted by Gasteiger charge is 1.93. The molecule has 6 nitrogen and oxygen atoms in total. The van der Waals surface area contributed by atoms with Crippen molar-refractivity contribution in [1.29, 1.82) is 0 Å². The first-order valence-corrected chi connectivity index (χ1v) is 4.87. The van der Waals surface area contributed by atoms with Crippen molar-refractivity contribution in [2.45, 2.75) is 6.92 Å². The molecule has 1 aromatic heterocycles. The molecule has 0 aliphatic rings. The van der Waals surface area contributed by atoms with Crippen LogP contribution in [0.15, 0.2) is 31.4 Å². The zero-order valence-corrected chi connectivity index (χ0v) is 8.86. The third kappa shape index (κ3) is 22.4. The Bertz CT molecular complexity index is 276. The minimum atomic E-state index is -4.16. The molecule has 0 radical (unpaired) electrons. The van der Waals surface area contributed by atoms with Gasteiger partial charge in [-0.15, -0.1) is 6.58 Å². The topological polar surface area (TPSA) is 92.3 Å². The molecule has 0 aromatic carbocycles. The van der Waals surface area contributed by atoms with Crippen LogP contribution in [0.3, 0.4) is 0 Å². The van der Waals surface area contributed by atoms with Gasteiger partial charge >= 0.3 is 10.4 Å². The van der Waals surface area contributed by atoms with Crippen LogP contribution in [-0.2, 0) is 14.6 Å². The quantitative estimate of drug-likeness (QED) is 0.547. The van der Waals surface area contributed by atoms with Crippen molar-refractivity contribution in [2.24, 2.45) is 0 Å². The lowest BCUT2D eigenvalue weighted by Crippen LogP contribution is -1.96. The number of nitrogens with one attached hydrogen (secondary N) is 1. The van der Waals surface area contributed by atoms with Crippen molar-refractivity contribution in [1.82, 2.24) is 9.97 Å². The Labute approximate surface area is 83.6 Å². The maximum absolute atomic E-state index is 9.33. The van der Waals surface area contributed by atoms with Crippen LogP contribution in [0.4, 0.5) is 0 Å². The average Bonchev–Trinajstić information content (AvgIpc) is 2.61. The second-order valence-electron chi connectivity index (χ2n) is 1.76. The molecule has 0 aliphatic carbocycles. The number of hydrogen-bond donors (Lipinski definition) is 2. The van der Waals surface area contributed by atoms with Gasteiger partial charge in [-0.3, -0.25) is 8.74 Å². The molecular formula is C7H14N2O4S. The van der Waals surface area contributed by atoms with E-state index in [0.29, 0.717) is 0 Å². The number of aromatic nitrogens is 2. The van der Waals surface area contributed by atoms with E-state index in [2.05, 4.69) is 20.7 Å². The van der Waals surface area contributed by atoms with Crippen LogP contribution >= 0.6 is 0 Å². The molecule has 1 rings (SSSR count). The van der Waals surface area contributed by atoms with Crippen LogP contribution in [0.2, 0.25) is 0 Å². The van der Waals surface area contributed by atoms with Crippen LogP contribution in [0.25, 0.3) is 0 Å². The van der Waals surface area contributed by atoms with E-state index < -0.39 is 10.4 Å². The summed E-state index contributed by atoms with van der Waals surface area (Å²) in [6.07, 6.45) is 6.83. The Morgan fingerprint density at radius 1 is 1.64 bits per heavy atom. The highest BCUT2D eigenvalue weighted by Crippen LogP contribution is 1.74. The fraction of sp³-hybridized carbons (Fsp3) is 0.286. The maximum Gasteiger partial charge on any atom is 0.397 e. The first kappa shape index (κ1) is 15.3. The predicted octanol–water partition coefficient (Wildman–Crippen LogP) is 1.04. The van der Waals surface area contributed by atoms with Gasteiger partial charge in [0.1, 0.15) is 0 Å². The summed E-state index contributed by atoms with van der Waals surface area (Å²) < 4.78 is 29.7. The zero-order valence-electron chi connectivity index (χ0n) is 8.04. The molecule has 0 saturated carbocycles. The summed E-state index contributed by atoms with van der Waals surface area (Å²) in [7, 11) is -3.29. The molecule has 0 spiro atoms. The molecule has 0 saturated heterocycles. The van der Waals surface area contributed by atoms with Crippen LogP contribution < -0.4 is 0 Å². The largest absolute Gasteiger partial charge is 0.397 e. The monoisotopic (exact) mass is 222 g/mol. The lowest BCUT2D eigenvalue weighted by molar-refractivity contribution is 0.324. The Morgan fingerprint density at radius 2 is 2.07 bits per heavy atom. The molecule has 82 valence electrons. The Balaban J connectivity index is 0. The molecule has 7 heteroatoms. The lowest BCUT2D eigenvalue weighted by atomic mass is 10.8. The first-order valence-electron chi connectivity index (χ1n) is 3.50. The number of imidazole rings is 1. The molecule has 14 heavy (non-hydrogen) atoms. The Kier molecular flexibility index (Phi) is 10.8. The Hall–Kier alpha value is -1.18. The number of hydrogen-bond acceptors (Lipinski definition) is 4. The smallest absolute Gasteiger partial charge is 0.351 e. The van der Waals surface area contributed by atoms with Gasteiger partial charge in [-0.05, 0) is 6.92 Å². The number of aromatic amines is 1. The maximum atomic E-state index is 9.33. The van der Waals surface area contributed by atoms with Crippen molar-refractivity contribution in [3.05, 3.63) is 31.4 Å².